The van der Waals surface area contributed by atoms with Gasteiger partial charge in [-0.05, 0) is 35.4 Å². The van der Waals surface area contributed by atoms with Gasteiger partial charge in [-0.25, -0.2) is 9.37 Å². The zero-order valence-corrected chi connectivity index (χ0v) is 14.4. The minimum atomic E-state index is -0.398. The van der Waals surface area contributed by atoms with Crippen LogP contribution in [0.2, 0.25) is 5.02 Å². The van der Waals surface area contributed by atoms with Crippen molar-refractivity contribution in [2.45, 2.75) is 12.5 Å². The lowest BCUT2D eigenvalue weighted by Crippen LogP contribution is -2.32. The highest BCUT2D eigenvalue weighted by atomic mass is 35.5. The maximum absolute atomic E-state index is 13.0. The lowest BCUT2D eigenvalue weighted by molar-refractivity contribution is -0.121. The average Bonchev–Trinajstić information content (AvgIpc) is 3.01. The number of rotatable bonds is 5. The third-order valence-corrected chi connectivity index (χ3v) is 4.16. The smallest absolute Gasteiger partial charge is 0.225 e. The van der Waals surface area contributed by atoms with E-state index in [0.29, 0.717) is 5.02 Å². The molecule has 0 bridgehead atoms. The predicted octanol–water partition coefficient (Wildman–Crippen LogP) is 3.66. The molecule has 0 spiro atoms. The number of aromatic nitrogens is 2. The molecule has 1 atom stereocenters. The van der Waals surface area contributed by atoms with E-state index in [4.69, 9.17) is 11.6 Å². The minimum absolute atomic E-state index is 0.162. The molecule has 4 nitrogen and oxygen atoms in total. The zero-order valence-electron chi connectivity index (χ0n) is 13.6. The Labute approximate surface area is 150 Å². The fraction of sp³-hybridized carbons (Fsp3) is 0.158. The number of carbonyl (C=O) groups excluding carboxylic acids is 1. The molecule has 0 saturated heterocycles. The maximum Gasteiger partial charge on any atom is 0.225 e. The first-order valence-corrected chi connectivity index (χ1v) is 8.17. The highest BCUT2D eigenvalue weighted by Crippen LogP contribution is 2.22. The Morgan fingerprint density at radius 1 is 1.20 bits per heavy atom. The van der Waals surface area contributed by atoms with Crippen LogP contribution in [-0.2, 0) is 18.3 Å². The molecule has 0 fully saturated rings. The molecule has 25 heavy (non-hydrogen) atoms. The number of nitrogens with one attached hydrogen (secondary N) is 1. The molecule has 0 aliphatic rings. The van der Waals surface area contributed by atoms with Gasteiger partial charge in [-0.1, -0.05) is 35.9 Å². The Kier molecular flexibility index (Phi) is 5.14. The molecular formula is C19H17ClFN3O. The molecule has 1 aromatic heterocycles. The second kappa shape index (κ2) is 7.49. The summed E-state index contributed by atoms with van der Waals surface area (Å²) in [6, 6.07) is 12.8. The number of carbonyl (C=O) groups is 1. The van der Waals surface area contributed by atoms with Crippen molar-refractivity contribution in [3.8, 4) is 0 Å². The number of aryl methyl sites for hydroxylation is 1. The lowest BCUT2D eigenvalue weighted by atomic mass is 10.1. The number of imidazole rings is 1. The first kappa shape index (κ1) is 17.2. The van der Waals surface area contributed by atoms with Crippen LogP contribution < -0.4 is 5.32 Å². The van der Waals surface area contributed by atoms with Crippen molar-refractivity contribution >= 4 is 17.5 Å². The van der Waals surface area contributed by atoms with Crippen molar-refractivity contribution in [2.75, 3.05) is 0 Å². The standard InChI is InChI=1S/C19H17ClFN3O/c1-24-11-10-22-19(24)18(14-4-6-15(20)7-5-14)23-17(25)12-13-2-8-16(21)9-3-13/h2-11,18H,12H2,1H3,(H,23,25). The first-order chi connectivity index (χ1) is 12.0. The summed E-state index contributed by atoms with van der Waals surface area (Å²) in [4.78, 5) is 16.8. The number of hydrogen-bond donors (Lipinski definition) is 1. The van der Waals surface area contributed by atoms with Crippen LogP contribution in [0.25, 0.3) is 0 Å². The van der Waals surface area contributed by atoms with Gasteiger partial charge >= 0.3 is 0 Å². The molecule has 1 unspecified atom stereocenters. The van der Waals surface area contributed by atoms with Gasteiger partial charge in [0.05, 0.1) is 6.42 Å². The van der Waals surface area contributed by atoms with E-state index < -0.39 is 6.04 Å². The molecule has 2 aromatic carbocycles. The van der Waals surface area contributed by atoms with E-state index in [1.807, 2.05) is 29.9 Å². The van der Waals surface area contributed by atoms with Crippen LogP contribution in [-0.4, -0.2) is 15.5 Å². The Bertz CT molecular complexity index is 859. The summed E-state index contributed by atoms with van der Waals surface area (Å²) < 4.78 is 14.9. The average molecular weight is 358 g/mol. The summed E-state index contributed by atoms with van der Waals surface area (Å²) in [5.41, 5.74) is 1.62. The molecule has 0 aliphatic carbocycles. The van der Waals surface area contributed by atoms with Gasteiger partial charge in [0.15, 0.2) is 0 Å². The molecule has 0 saturated carbocycles. The summed E-state index contributed by atoms with van der Waals surface area (Å²) in [5, 5.41) is 3.62. The van der Waals surface area contributed by atoms with Gasteiger partial charge in [0.1, 0.15) is 17.7 Å². The van der Waals surface area contributed by atoms with E-state index in [9.17, 15) is 9.18 Å². The van der Waals surface area contributed by atoms with Crippen molar-refractivity contribution in [3.63, 3.8) is 0 Å². The van der Waals surface area contributed by atoms with Gasteiger partial charge in [-0.3, -0.25) is 4.79 Å². The molecular weight excluding hydrogens is 341 g/mol. The van der Waals surface area contributed by atoms with Crippen molar-refractivity contribution in [1.82, 2.24) is 14.9 Å². The Morgan fingerprint density at radius 3 is 2.48 bits per heavy atom. The van der Waals surface area contributed by atoms with Gasteiger partial charge in [0.2, 0.25) is 5.91 Å². The molecule has 128 valence electrons. The van der Waals surface area contributed by atoms with Crippen LogP contribution in [0.3, 0.4) is 0 Å². The maximum atomic E-state index is 13.0. The third-order valence-electron chi connectivity index (χ3n) is 3.90. The number of hydrogen-bond acceptors (Lipinski definition) is 2. The Balaban J connectivity index is 1.82. The van der Waals surface area contributed by atoms with E-state index in [2.05, 4.69) is 10.3 Å². The SMILES string of the molecule is Cn1ccnc1C(NC(=O)Cc1ccc(F)cc1)c1ccc(Cl)cc1. The largest absolute Gasteiger partial charge is 0.342 e. The molecule has 1 heterocycles. The number of benzene rings is 2. The van der Waals surface area contributed by atoms with Gasteiger partial charge in [0.25, 0.3) is 0 Å². The molecule has 1 amide bonds. The minimum Gasteiger partial charge on any atom is -0.342 e. The second-order valence-corrected chi connectivity index (χ2v) is 6.19. The second-order valence-electron chi connectivity index (χ2n) is 5.75. The number of amides is 1. The van der Waals surface area contributed by atoms with Gasteiger partial charge in [-0.2, -0.15) is 0 Å². The van der Waals surface area contributed by atoms with Crippen LogP contribution >= 0.6 is 11.6 Å². The summed E-state index contributed by atoms with van der Waals surface area (Å²) >= 11 is 5.96. The van der Waals surface area contributed by atoms with E-state index in [-0.39, 0.29) is 18.1 Å². The number of halogens is 2. The molecule has 0 radical (unpaired) electrons. The van der Waals surface area contributed by atoms with Crippen molar-refractivity contribution in [3.05, 3.63) is 88.7 Å². The predicted molar refractivity (Wildman–Crippen MR) is 94.7 cm³/mol. The van der Waals surface area contributed by atoms with Crippen LogP contribution in [0.1, 0.15) is 23.0 Å². The summed E-state index contributed by atoms with van der Waals surface area (Å²) in [6.45, 7) is 0. The molecule has 3 rings (SSSR count). The normalized spacial score (nSPS) is 12.0. The van der Waals surface area contributed by atoms with Crippen LogP contribution in [0.4, 0.5) is 4.39 Å². The van der Waals surface area contributed by atoms with Gasteiger partial charge < -0.3 is 9.88 Å². The van der Waals surface area contributed by atoms with Crippen molar-refractivity contribution < 1.29 is 9.18 Å². The summed E-state index contributed by atoms with van der Waals surface area (Å²) in [7, 11) is 1.87. The van der Waals surface area contributed by atoms with Gasteiger partial charge in [-0.15, -0.1) is 0 Å². The van der Waals surface area contributed by atoms with E-state index in [1.165, 1.54) is 12.1 Å². The molecule has 0 aliphatic heterocycles. The molecule has 1 N–H and O–H groups in total. The third kappa shape index (κ3) is 4.25. The quantitative estimate of drug-likeness (QED) is 0.757. The topological polar surface area (TPSA) is 46.9 Å². The highest BCUT2D eigenvalue weighted by molar-refractivity contribution is 6.30. The Hall–Kier alpha value is -2.66. The first-order valence-electron chi connectivity index (χ1n) is 7.79. The van der Waals surface area contributed by atoms with Crippen molar-refractivity contribution in [1.29, 1.82) is 0 Å². The molecule has 3 aromatic rings. The van der Waals surface area contributed by atoms with Crippen LogP contribution in [0.15, 0.2) is 60.9 Å². The van der Waals surface area contributed by atoms with Crippen LogP contribution in [0, 0.1) is 5.82 Å². The van der Waals surface area contributed by atoms with Crippen molar-refractivity contribution in [2.24, 2.45) is 7.05 Å². The Morgan fingerprint density at radius 2 is 1.88 bits per heavy atom. The van der Waals surface area contributed by atoms with E-state index >= 15 is 0 Å². The van der Waals surface area contributed by atoms with E-state index in [0.717, 1.165) is 17.0 Å². The number of nitrogens with zero attached hydrogens (tertiary/aromatic N) is 2. The van der Waals surface area contributed by atoms with E-state index in [1.54, 1.807) is 30.5 Å². The summed E-state index contributed by atoms with van der Waals surface area (Å²) in [6.07, 6.45) is 3.67. The van der Waals surface area contributed by atoms with Gasteiger partial charge in [0, 0.05) is 24.5 Å². The lowest BCUT2D eigenvalue weighted by Gasteiger charge is -2.19. The fourth-order valence-electron chi connectivity index (χ4n) is 2.61. The fourth-order valence-corrected chi connectivity index (χ4v) is 2.73. The zero-order chi connectivity index (χ0) is 17.8. The van der Waals surface area contributed by atoms with Crippen LogP contribution in [0.5, 0.6) is 0 Å². The monoisotopic (exact) mass is 357 g/mol. The summed E-state index contributed by atoms with van der Waals surface area (Å²) in [5.74, 6) is 0.223. The highest BCUT2D eigenvalue weighted by Gasteiger charge is 2.20. The molecule has 6 heteroatoms.